The van der Waals surface area contributed by atoms with Gasteiger partial charge in [0, 0.05) is 30.3 Å². The molecule has 1 saturated carbocycles. The van der Waals surface area contributed by atoms with Gasteiger partial charge in [0.25, 0.3) is 0 Å². The highest BCUT2D eigenvalue weighted by molar-refractivity contribution is 7.98. The van der Waals surface area contributed by atoms with E-state index in [1.807, 2.05) is 11.8 Å². The minimum atomic E-state index is 0.776. The van der Waals surface area contributed by atoms with Crippen molar-refractivity contribution in [3.05, 3.63) is 36.0 Å². The smallest absolute Gasteiger partial charge is 0.0482 e. The number of nitrogens with zero attached hydrogens (tertiary/aromatic N) is 1. The van der Waals surface area contributed by atoms with E-state index in [-0.39, 0.29) is 0 Å². The molecule has 2 aromatic rings. The summed E-state index contributed by atoms with van der Waals surface area (Å²) in [7, 11) is 0. The maximum Gasteiger partial charge on any atom is 0.0482 e. The van der Waals surface area contributed by atoms with Gasteiger partial charge in [0.2, 0.25) is 0 Å². The highest BCUT2D eigenvalue weighted by Gasteiger charge is 2.20. The number of hydrogen-bond acceptors (Lipinski definition) is 2. The summed E-state index contributed by atoms with van der Waals surface area (Å²) < 4.78 is 2.50. The van der Waals surface area contributed by atoms with Crippen LogP contribution in [-0.4, -0.2) is 22.6 Å². The van der Waals surface area contributed by atoms with Crippen LogP contribution in [0.4, 0.5) is 0 Å². The highest BCUT2D eigenvalue weighted by Crippen LogP contribution is 2.23. The summed E-state index contributed by atoms with van der Waals surface area (Å²) in [6.07, 6.45) is 6.14. The molecule has 0 atom stereocenters. The third-order valence-corrected chi connectivity index (χ3v) is 4.47. The Kier molecular flexibility index (Phi) is 4.14. The molecule has 19 heavy (non-hydrogen) atoms. The standard InChI is InChI=1S/C16H22N2S/c1-19-10-4-9-18-15(12-17-14-7-8-14)11-13-5-2-3-6-16(13)18/h2-3,5-6,11,14,17H,4,7-10,12H2,1H3. The van der Waals surface area contributed by atoms with Crippen LogP contribution in [0, 0.1) is 0 Å². The molecule has 1 heterocycles. The van der Waals surface area contributed by atoms with Crippen molar-refractivity contribution in [1.82, 2.24) is 9.88 Å². The zero-order valence-corrected chi connectivity index (χ0v) is 12.4. The molecule has 1 N–H and O–H groups in total. The van der Waals surface area contributed by atoms with Crippen molar-refractivity contribution in [2.45, 2.75) is 38.4 Å². The van der Waals surface area contributed by atoms with Crippen molar-refractivity contribution in [2.75, 3.05) is 12.0 Å². The van der Waals surface area contributed by atoms with E-state index in [4.69, 9.17) is 0 Å². The third-order valence-electron chi connectivity index (χ3n) is 3.78. The average molecular weight is 274 g/mol. The predicted molar refractivity (Wildman–Crippen MR) is 84.8 cm³/mol. The molecule has 1 aromatic heterocycles. The molecule has 3 heteroatoms. The minimum Gasteiger partial charge on any atom is -0.343 e. The van der Waals surface area contributed by atoms with Gasteiger partial charge >= 0.3 is 0 Å². The number of benzene rings is 1. The van der Waals surface area contributed by atoms with Gasteiger partial charge in [-0.15, -0.1) is 0 Å². The Morgan fingerprint density at radius 1 is 1.32 bits per heavy atom. The first-order valence-corrected chi connectivity index (χ1v) is 8.57. The summed E-state index contributed by atoms with van der Waals surface area (Å²) in [6.45, 7) is 2.15. The van der Waals surface area contributed by atoms with Gasteiger partial charge < -0.3 is 9.88 Å². The van der Waals surface area contributed by atoms with Crippen LogP contribution >= 0.6 is 11.8 Å². The van der Waals surface area contributed by atoms with Crippen molar-refractivity contribution in [3.8, 4) is 0 Å². The molecule has 1 aliphatic carbocycles. The Morgan fingerprint density at radius 2 is 2.16 bits per heavy atom. The van der Waals surface area contributed by atoms with E-state index in [1.165, 1.54) is 41.6 Å². The molecule has 102 valence electrons. The Morgan fingerprint density at radius 3 is 2.95 bits per heavy atom. The zero-order chi connectivity index (χ0) is 13.1. The van der Waals surface area contributed by atoms with Gasteiger partial charge in [0.1, 0.15) is 0 Å². The van der Waals surface area contributed by atoms with Gasteiger partial charge in [-0.1, -0.05) is 18.2 Å². The zero-order valence-electron chi connectivity index (χ0n) is 11.6. The summed E-state index contributed by atoms with van der Waals surface area (Å²) in [5, 5.41) is 5.01. The lowest BCUT2D eigenvalue weighted by molar-refractivity contribution is 0.613. The van der Waals surface area contributed by atoms with Crippen molar-refractivity contribution in [1.29, 1.82) is 0 Å². The van der Waals surface area contributed by atoms with Crippen molar-refractivity contribution in [2.24, 2.45) is 0 Å². The van der Waals surface area contributed by atoms with E-state index in [2.05, 4.69) is 46.5 Å². The Bertz CT molecular complexity index is 543. The molecular weight excluding hydrogens is 252 g/mol. The molecule has 1 fully saturated rings. The average Bonchev–Trinajstić information content (AvgIpc) is 3.20. The van der Waals surface area contributed by atoms with Crippen molar-refractivity contribution < 1.29 is 0 Å². The first-order valence-electron chi connectivity index (χ1n) is 7.18. The number of fused-ring (bicyclic) bond motifs is 1. The molecule has 0 amide bonds. The Hall–Kier alpha value is -0.930. The van der Waals surface area contributed by atoms with E-state index >= 15 is 0 Å². The number of para-hydroxylation sites is 1. The molecule has 0 unspecified atom stereocenters. The Labute approximate surface area is 119 Å². The topological polar surface area (TPSA) is 17.0 Å². The van der Waals surface area contributed by atoms with Gasteiger partial charge in [0.05, 0.1) is 0 Å². The lowest BCUT2D eigenvalue weighted by atomic mass is 10.2. The van der Waals surface area contributed by atoms with Gasteiger partial charge in [-0.25, -0.2) is 0 Å². The largest absolute Gasteiger partial charge is 0.343 e. The lowest BCUT2D eigenvalue weighted by Gasteiger charge is -2.11. The van der Waals surface area contributed by atoms with Crippen LogP contribution in [0.15, 0.2) is 30.3 Å². The molecule has 0 aliphatic heterocycles. The predicted octanol–water partition coefficient (Wildman–Crippen LogP) is 3.65. The van der Waals surface area contributed by atoms with Gasteiger partial charge in [-0.2, -0.15) is 11.8 Å². The van der Waals surface area contributed by atoms with E-state index in [1.54, 1.807) is 0 Å². The summed E-state index contributed by atoms with van der Waals surface area (Å²) in [6, 6.07) is 11.9. The van der Waals surface area contributed by atoms with Crippen molar-refractivity contribution in [3.63, 3.8) is 0 Å². The van der Waals surface area contributed by atoms with Crippen LogP contribution in [-0.2, 0) is 13.1 Å². The number of aryl methyl sites for hydroxylation is 1. The van der Waals surface area contributed by atoms with Crippen LogP contribution in [0.1, 0.15) is 25.0 Å². The Balaban J connectivity index is 1.81. The third kappa shape index (κ3) is 3.15. The summed E-state index contributed by atoms with van der Waals surface area (Å²) in [4.78, 5) is 0. The molecule has 2 nitrogen and oxygen atoms in total. The fourth-order valence-electron chi connectivity index (χ4n) is 2.58. The number of aromatic nitrogens is 1. The van der Waals surface area contributed by atoms with E-state index in [0.717, 1.165) is 19.1 Å². The first kappa shape index (κ1) is 13.1. The molecular formula is C16H22N2S. The normalized spacial score (nSPS) is 15.2. The molecule has 1 aromatic carbocycles. The fourth-order valence-corrected chi connectivity index (χ4v) is 3.00. The highest BCUT2D eigenvalue weighted by atomic mass is 32.2. The molecule has 0 spiro atoms. The second kappa shape index (κ2) is 6.02. The number of hydrogen-bond donors (Lipinski definition) is 1. The first-order chi connectivity index (χ1) is 9.38. The van der Waals surface area contributed by atoms with Crippen molar-refractivity contribution >= 4 is 22.7 Å². The van der Waals surface area contributed by atoms with Crippen LogP contribution in [0.5, 0.6) is 0 Å². The van der Waals surface area contributed by atoms with Gasteiger partial charge in [-0.05, 0) is 48.8 Å². The summed E-state index contributed by atoms with van der Waals surface area (Å²) in [5.74, 6) is 1.24. The maximum absolute atomic E-state index is 3.64. The van der Waals surface area contributed by atoms with Crippen LogP contribution in [0.2, 0.25) is 0 Å². The second-order valence-corrected chi connectivity index (χ2v) is 6.33. The number of thioether (sulfide) groups is 1. The van der Waals surface area contributed by atoms with Crippen LogP contribution in [0.25, 0.3) is 10.9 Å². The lowest BCUT2D eigenvalue weighted by Crippen LogP contribution is -2.18. The molecule has 0 bridgehead atoms. The molecule has 1 aliphatic rings. The van der Waals surface area contributed by atoms with Crippen LogP contribution < -0.4 is 5.32 Å². The molecule has 3 rings (SSSR count). The maximum atomic E-state index is 3.64. The second-order valence-electron chi connectivity index (χ2n) is 5.35. The number of rotatable bonds is 7. The summed E-state index contributed by atoms with van der Waals surface area (Å²) in [5.41, 5.74) is 2.82. The number of nitrogens with one attached hydrogen (secondary N) is 1. The SMILES string of the molecule is CSCCCn1c(CNC2CC2)cc2ccccc21. The van der Waals surface area contributed by atoms with E-state index in [9.17, 15) is 0 Å². The monoisotopic (exact) mass is 274 g/mol. The van der Waals surface area contributed by atoms with E-state index < -0.39 is 0 Å². The van der Waals surface area contributed by atoms with E-state index in [0.29, 0.717) is 0 Å². The molecule has 0 radical (unpaired) electrons. The summed E-state index contributed by atoms with van der Waals surface area (Å²) >= 11 is 1.93. The van der Waals surface area contributed by atoms with Gasteiger partial charge in [0.15, 0.2) is 0 Å². The van der Waals surface area contributed by atoms with Crippen LogP contribution in [0.3, 0.4) is 0 Å². The van der Waals surface area contributed by atoms with Gasteiger partial charge in [-0.3, -0.25) is 0 Å². The molecule has 0 saturated heterocycles. The fraction of sp³-hybridized carbons (Fsp3) is 0.500. The quantitative estimate of drug-likeness (QED) is 0.776. The minimum absolute atomic E-state index is 0.776.